The number of hydrogen-bond acceptors (Lipinski definition) is 5. The molecule has 1 aromatic rings. The average molecular weight is 375 g/mol. The van der Waals surface area contributed by atoms with Gasteiger partial charge in [-0.05, 0) is 24.6 Å². The molecule has 2 atom stereocenters. The van der Waals surface area contributed by atoms with Crippen LogP contribution in [0.15, 0.2) is 39.4 Å². The lowest BCUT2D eigenvalue weighted by atomic mass is 9.99. The number of nitriles is 1. The number of β-amino-alcohol motifs (C(OH)–C–C–N with tert-alkyl or cyclic N) is 1. The Kier molecular flexibility index (Phi) is 4.20. The van der Waals surface area contributed by atoms with Gasteiger partial charge < -0.3 is 14.7 Å². The molecular formula is C16H15BrN4O2. The van der Waals surface area contributed by atoms with E-state index in [9.17, 15) is 5.26 Å². The van der Waals surface area contributed by atoms with E-state index in [0.717, 1.165) is 15.6 Å². The zero-order valence-corrected chi connectivity index (χ0v) is 14.0. The minimum atomic E-state index is -0.573. The van der Waals surface area contributed by atoms with Crippen molar-refractivity contribution in [1.82, 2.24) is 4.90 Å². The van der Waals surface area contributed by atoms with Crippen molar-refractivity contribution < 1.29 is 9.84 Å². The van der Waals surface area contributed by atoms with Crippen LogP contribution in [-0.2, 0) is 4.74 Å². The van der Waals surface area contributed by atoms with E-state index in [1.165, 1.54) is 0 Å². The summed E-state index contributed by atoms with van der Waals surface area (Å²) >= 11 is 3.48. The molecule has 0 fully saturated rings. The summed E-state index contributed by atoms with van der Waals surface area (Å²) in [5.41, 5.74) is 2.24. The van der Waals surface area contributed by atoms with Crippen LogP contribution in [0.5, 0.6) is 0 Å². The fourth-order valence-corrected chi connectivity index (χ4v) is 3.05. The summed E-state index contributed by atoms with van der Waals surface area (Å²) in [6, 6.07) is 7.29. The number of rotatable bonds is 3. The molecule has 2 heterocycles. The fraction of sp³-hybridized carbons (Fsp3) is 0.312. The van der Waals surface area contributed by atoms with Crippen molar-refractivity contribution in [1.29, 1.82) is 10.7 Å². The molecule has 0 saturated heterocycles. The van der Waals surface area contributed by atoms with Crippen molar-refractivity contribution in [2.75, 3.05) is 13.2 Å². The number of aliphatic hydroxyl groups is 1. The number of hydrogen-bond donors (Lipinski definition) is 2. The maximum Gasteiger partial charge on any atom is 0.217 e. The molecule has 7 heteroatoms. The van der Waals surface area contributed by atoms with E-state index in [0.29, 0.717) is 11.5 Å². The van der Waals surface area contributed by atoms with Crippen LogP contribution in [-0.4, -0.2) is 47.0 Å². The molecule has 0 bridgehead atoms. The highest BCUT2D eigenvalue weighted by molar-refractivity contribution is 9.10. The molecule has 6 nitrogen and oxygen atoms in total. The van der Waals surface area contributed by atoms with E-state index in [-0.39, 0.29) is 19.0 Å². The van der Waals surface area contributed by atoms with Gasteiger partial charge in [0.05, 0.1) is 12.2 Å². The molecule has 2 aliphatic rings. The van der Waals surface area contributed by atoms with Gasteiger partial charge in [0.15, 0.2) is 12.1 Å². The molecule has 1 aromatic carbocycles. The van der Waals surface area contributed by atoms with Gasteiger partial charge in [0.1, 0.15) is 11.9 Å². The first-order valence-corrected chi connectivity index (χ1v) is 7.93. The van der Waals surface area contributed by atoms with Crippen LogP contribution < -0.4 is 0 Å². The van der Waals surface area contributed by atoms with Crippen molar-refractivity contribution in [2.45, 2.75) is 19.1 Å². The monoisotopic (exact) mass is 374 g/mol. The third kappa shape index (κ3) is 2.64. The smallest absolute Gasteiger partial charge is 0.217 e. The minimum absolute atomic E-state index is 0.100. The highest BCUT2D eigenvalue weighted by Crippen LogP contribution is 2.31. The maximum atomic E-state index is 9.35. The Morgan fingerprint density at radius 3 is 3.00 bits per heavy atom. The highest BCUT2D eigenvalue weighted by Gasteiger charge is 2.42. The normalized spacial score (nSPS) is 22.9. The van der Waals surface area contributed by atoms with Crippen LogP contribution in [0.25, 0.3) is 0 Å². The predicted molar refractivity (Wildman–Crippen MR) is 89.3 cm³/mol. The Labute approximate surface area is 142 Å². The second-order valence-corrected chi connectivity index (χ2v) is 6.18. The number of aliphatic hydroxyl groups excluding tert-OH is 1. The third-order valence-electron chi connectivity index (χ3n) is 3.94. The third-order valence-corrected chi connectivity index (χ3v) is 4.80. The molecule has 0 spiro atoms. The quantitative estimate of drug-likeness (QED) is 0.845. The lowest BCUT2D eigenvalue weighted by Gasteiger charge is -2.30. The number of benzene rings is 1. The van der Waals surface area contributed by atoms with Crippen molar-refractivity contribution in [3.8, 4) is 6.07 Å². The summed E-state index contributed by atoms with van der Waals surface area (Å²) in [4.78, 5) is 6.07. The van der Waals surface area contributed by atoms with Crippen LogP contribution in [0.3, 0.4) is 0 Å². The molecule has 0 saturated carbocycles. The summed E-state index contributed by atoms with van der Waals surface area (Å²) < 4.78 is 6.84. The number of fused-ring (bicyclic) bond motifs is 1. The Balaban J connectivity index is 1.99. The number of nitrogens with zero attached hydrogens (tertiary/aromatic N) is 3. The molecule has 2 N–H and O–H groups in total. The zero-order valence-electron chi connectivity index (χ0n) is 12.5. The topological polar surface area (TPSA) is 92.7 Å². The maximum absolute atomic E-state index is 9.35. The summed E-state index contributed by atoms with van der Waals surface area (Å²) in [5.74, 6) is 0.668. The predicted octanol–water partition coefficient (Wildman–Crippen LogP) is 1.96. The van der Waals surface area contributed by atoms with Gasteiger partial charge in [-0.3, -0.25) is 5.41 Å². The van der Waals surface area contributed by atoms with E-state index in [1.54, 1.807) is 11.1 Å². The van der Waals surface area contributed by atoms with E-state index >= 15 is 0 Å². The standard InChI is InChI=1S/C16H15BrN4O2/c1-9-11(3-2-4-12(9)17)16-20-13-14(23-16)10(7-18)8-21(5-6-22)15(13)19/h2-4,8,13-14,19,22H,5-6H2,1H3. The number of ether oxygens (including phenoxy) is 1. The summed E-state index contributed by atoms with van der Waals surface area (Å²) in [5, 5.41) is 26.7. The van der Waals surface area contributed by atoms with Crippen LogP contribution in [0.2, 0.25) is 0 Å². The molecule has 3 rings (SSSR count). The van der Waals surface area contributed by atoms with Crippen molar-refractivity contribution >= 4 is 27.7 Å². The Morgan fingerprint density at radius 2 is 2.30 bits per heavy atom. The lowest BCUT2D eigenvalue weighted by Crippen LogP contribution is -2.45. The van der Waals surface area contributed by atoms with Gasteiger partial charge in [-0.15, -0.1) is 0 Å². The van der Waals surface area contributed by atoms with Gasteiger partial charge in [-0.25, -0.2) is 4.99 Å². The number of nitrogens with one attached hydrogen (secondary N) is 1. The molecule has 2 aliphatic heterocycles. The Hall–Kier alpha value is -2.17. The Bertz CT molecular complexity index is 766. The molecule has 0 aromatic heterocycles. The van der Waals surface area contributed by atoms with Gasteiger partial charge in [0.2, 0.25) is 5.90 Å². The fourth-order valence-electron chi connectivity index (χ4n) is 2.69. The molecule has 2 unspecified atom stereocenters. The van der Waals surface area contributed by atoms with E-state index < -0.39 is 12.1 Å². The van der Waals surface area contributed by atoms with Gasteiger partial charge in [0, 0.05) is 22.8 Å². The second kappa shape index (κ2) is 6.14. The van der Waals surface area contributed by atoms with E-state index in [2.05, 4.69) is 27.0 Å². The highest BCUT2D eigenvalue weighted by atomic mass is 79.9. The first kappa shape index (κ1) is 15.7. The summed E-state index contributed by atoms with van der Waals surface area (Å²) in [6.45, 7) is 2.11. The van der Waals surface area contributed by atoms with Crippen LogP contribution in [0, 0.1) is 23.7 Å². The van der Waals surface area contributed by atoms with Gasteiger partial charge in [-0.1, -0.05) is 22.0 Å². The van der Waals surface area contributed by atoms with Crippen LogP contribution in [0.1, 0.15) is 11.1 Å². The molecular weight excluding hydrogens is 360 g/mol. The van der Waals surface area contributed by atoms with E-state index in [4.69, 9.17) is 15.3 Å². The molecule has 23 heavy (non-hydrogen) atoms. The summed E-state index contributed by atoms with van der Waals surface area (Å²) in [7, 11) is 0. The minimum Gasteiger partial charge on any atom is -0.466 e. The van der Waals surface area contributed by atoms with Gasteiger partial charge >= 0.3 is 0 Å². The van der Waals surface area contributed by atoms with Crippen LogP contribution in [0.4, 0.5) is 0 Å². The number of amidine groups is 1. The van der Waals surface area contributed by atoms with Crippen molar-refractivity contribution in [3.05, 3.63) is 45.6 Å². The second-order valence-electron chi connectivity index (χ2n) is 5.33. The number of halogens is 1. The Morgan fingerprint density at radius 1 is 1.52 bits per heavy atom. The average Bonchev–Trinajstić information content (AvgIpc) is 2.98. The molecule has 118 valence electrons. The van der Waals surface area contributed by atoms with Crippen molar-refractivity contribution in [3.63, 3.8) is 0 Å². The summed E-state index contributed by atoms with van der Waals surface area (Å²) in [6.07, 6.45) is 0.988. The SMILES string of the molecule is Cc1c(Br)cccc1C1=NC2C(=N)N(CCO)C=C(C#N)C2O1. The first-order valence-electron chi connectivity index (χ1n) is 7.14. The molecule has 0 aliphatic carbocycles. The van der Waals surface area contributed by atoms with Gasteiger partial charge in [-0.2, -0.15) is 5.26 Å². The largest absolute Gasteiger partial charge is 0.466 e. The van der Waals surface area contributed by atoms with Crippen molar-refractivity contribution in [2.24, 2.45) is 4.99 Å². The van der Waals surface area contributed by atoms with E-state index in [1.807, 2.05) is 25.1 Å². The van der Waals surface area contributed by atoms with Gasteiger partial charge in [0.25, 0.3) is 0 Å². The zero-order chi connectivity index (χ0) is 16.6. The molecule has 0 radical (unpaired) electrons. The molecule has 0 amide bonds. The first-order chi connectivity index (χ1) is 11.1. The lowest BCUT2D eigenvalue weighted by molar-refractivity contribution is 0.227. The van der Waals surface area contributed by atoms with Crippen LogP contribution >= 0.6 is 15.9 Å². The number of aliphatic imine (C=N–C) groups is 1.